The topological polar surface area (TPSA) is 162 Å². The highest BCUT2D eigenvalue weighted by Crippen LogP contribution is 2.58. The molecule has 7 atom stereocenters. The maximum absolute atomic E-state index is 14.7. The average molecular weight is 823 g/mol. The van der Waals surface area contributed by atoms with Gasteiger partial charge in [0.25, 0.3) is 0 Å². The van der Waals surface area contributed by atoms with Crippen molar-refractivity contribution in [2.24, 2.45) is 29.1 Å². The van der Waals surface area contributed by atoms with Gasteiger partial charge in [-0.1, -0.05) is 26.0 Å². The smallest absolute Gasteiger partial charge is 0.427 e. The molecule has 0 unspecified atom stereocenters. The Morgan fingerprint density at radius 3 is 2.50 bits per heavy atom. The van der Waals surface area contributed by atoms with E-state index in [-0.39, 0.29) is 37.6 Å². The molecule has 17 heteroatoms. The van der Waals surface area contributed by atoms with Crippen molar-refractivity contribution in [3.8, 4) is 16.5 Å². The number of ether oxygens (including phenoxy) is 2. The molecule has 0 radical (unpaired) electrons. The molecule has 2 amide bonds. The highest BCUT2D eigenvalue weighted by Gasteiger charge is 2.63. The monoisotopic (exact) mass is 822 g/mol. The van der Waals surface area contributed by atoms with Crippen LogP contribution in [0, 0.1) is 29.1 Å². The molecule has 56 heavy (non-hydrogen) atoms. The number of hydrogen-bond donors (Lipinski definition) is 1. The summed E-state index contributed by atoms with van der Waals surface area (Å²) in [4.78, 5) is 66.4. The number of alkyl halides is 3. The van der Waals surface area contributed by atoms with Crippen molar-refractivity contribution in [1.82, 2.24) is 19.6 Å². The summed E-state index contributed by atoms with van der Waals surface area (Å²) >= 11 is 1.42. The van der Waals surface area contributed by atoms with E-state index in [0.717, 1.165) is 24.4 Å². The zero-order valence-electron chi connectivity index (χ0n) is 32.1. The molecule has 1 N–H and O–H groups in total. The maximum Gasteiger partial charge on any atom is 0.427 e. The van der Waals surface area contributed by atoms with E-state index in [1.165, 1.54) is 16.2 Å². The summed E-state index contributed by atoms with van der Waals surface area (Å²) in [6.07, 6.45) is 3.09. The third kappa shape index (κ3) is 8.82. The molecule has 0 bridgehead atoms. The molecular weight excluding hydrogens is 774 g/mol. The number of hydrogen-bond acceptors (Lipinski definition) is 11. The number of fused-ring (bicyclic) bond motifs is 2. The number of amides is 2. The van der Waals surface area contributed by atoms with Crippen molar-refractivity contribution in [3.05, 3.63) is 42.1 Å². The minimum absolute atomic E-state index is 0.00857. The first kappa shape index (κ1) is 41.8. The summed E-state index contributed by atoms with van der Waals surface area (Å²) in [6.45, 7) is 6.67. The van der Waals surface area contributed by atoms with Gasteiger partial charge in [0, 0.05) is 42.2 Å². The van der Waals surface area contributed by atoms with E-state index < -0.39 is 91.8 Å². The third-order valence-electron chi connectivity index (χ3n) is 11.9. The zero-order valence-corrected chi connectivity index (χ0v) is 33.8. The minimum Gasteiger partial charge on any atom is -0.472 e. The number of nitrogens with zero attached hydrogens (tertiary/aromatic N) is 3. The van der Waals surface area contributed by atoms with Gasteiger partial charge in [0.05, 0.1) is 35.1 Å². The number of ketones is 1. The van der Waals surface area contributed by atoms with Crippen LogP contribution in [-0.2, 0) is 33.9 Å². The van der Waals surface area contributed by atoms with E-state index in [4.69, 9.17) is 9.47 Å². The van der Waals surface area contributed by atoms with Crippen LogP contribution >= 0.6 is 11.3 Å². The lowest BCUT2D eigenvalue weighted by atomic mass is 9.82. The number of pyridine rings is 1. The second-order valence-corrected chi connectivity index (χ2v) is 19.9. The van der Waals surface area contributed by atoms with Gasteiger partial charge >= 0.3 is 12.1 Å². The summed E-state index contributed by atoms with van der Waals surface area (Å²) in [6, 6.07) is 2.30. The second-order valence-electron chi connectivity index (χ2n) is 16.8. The molecular formula is C39H49F3N4O8S2. The number of allylic oxidation sites excluding steroid dienone is 2. The predicted octanol–water partition coefficient (Wildman–Crippen LogP) is 6.42. The van der Waals surface area contributed by atoms with Crippen LogP contribution in [-0.4, -0.2) is 82.1 Å². The normalized spacial score (nSPS) is 30.2. The highest BCUT2D eigenvalue weighted by molar-refractivity contribution is 7.91. The Morgan fingerprint density at radius 1 is 1.11 bits per heavy atom. The molecule has 4 heterocycles. The fraction of sp³-hybridized carbons (Fsp3) is 0.641. The summed E-state index contributed by atoms with van der Waals surface area (Å²) in [5.74, 6) is -4.91. The average Bonchev–Trinajstić information content (AvgIpc) is 3.86. The van der Waals surface area contributed by atoms with Gasteiger partial charge in [0.2, 0.25) is 33.3 Å². The number of rotatable bonds is 9. The third-order valence-corrected chi connectivity index (χ3v) is 14.9. The van der Waals surface area contributed by atoms with Crippen molar-refractivity contribution >= 4 is 44.9 Å². The number of thiazole rings is 1. The molecule has 2 aliphatic heterocycles. The van der Waals surface area contributed by atoms with E-state index in [1.54, 1.807) is 38.4 Å². The van der Waals surface area contributed by atoms with E-state index in [0.29, 0.717) is 32.1 Å². The number of carbonyl (C=O) groups is 4. The quantitative estimate of drug-likeness (QED) is 0.221. The van der Waals surface area contributed by atoms with Crippen molar-refractivity contribution in [2.75, 3.05) is 6.54 Å². The molecule has 2 aromatic rings. The predicted molar refractivity (Wildman–Crippen MR) is 200 cm³/mol. The summed E-state index contributed by atoms with van der Waals surface area (Å²) < 4.78 is 79.9. The van der Waals surface area contributed by atoms with E-state index >= 15 is 0 Å². The van der Waals surface area contributed by atoms with Gasteiger partial charge in [0.1, 0.15) is 11.1 Å². The van der Waals surface area contributed by atoms with Crippen LogP contribution in [0.2, 0.25) is 0 Å². The number of halogens is 3. The Hall–Kier alpha value is -3.86. The van der Waals surface area contributed by atoms with Gasteiger partial charge in [0.15, 0.2) is 5.78 Å². The number of carbonyl (C=O) groups excluding carboxylic acids is 4. The molecule has 2 aliphatic carbocycles. The zero-order chi connectivity index (χ0) is 40.8. The molecule has 3 fully saturated rings. The lowest BCUT2D eigenvalue weighted by Crippen LogP contribution is -2.48. The number of sulfonamides is 1. The minimum atomic E-state index is -4.86. The molecule has 306 valence electrons. The number of aromatic nitrogens is 2. The Balaban J connectivity index is 1.33. The summed E-state index contributed by atoms with van der Waals surface area (Å²) in [5.41, 5.74) is -3.43. The standard InChI is InChI=1S/C39H49F3N4O8S2/c1-23-8-6-7-9-26-20-38(26,35(50)45-56(51,52)37(5)11-12-37)21-30(47)29-18-27(53-31-17-25(10-13-43-31)33-44-14-15-55-33)22-46(29)34(49)28(24(2)16-23)19-32(48)54-36(3,4)39(40,41)42/h7,9-10,13-15,17,23-24,26-29H,6,8,11-12,16,18-22H2,1-5H3,(H,45,50)/b9-7-/t23-,24-,26-,27-,28+,29+,38-/m1/s1. The first-order chi connectivity index (χ1) is 26.1. The first-order valence-corrected chi connectivity index (χ1v) is 21.4. The number of esters is 1. The second kappa shape index (κ2) is 15.5. The molecule has 2 saturated carbocycles. The SMILES string of the molecule is C[C@@H]1CC/C=C\[C@@H]2C[C@@]2(C(=O)NS(=O)(=O)C2(C)CC2)CC(=O)[C@@H]2C[C@@H](Oc3cc(-c4nccs4)ccn3)CN2C(=O)[C@@H](CC(=O)OC(C)(C)C(F)(F)F)[C@H](C)C1. The Morgan fingerprint density at radius 2 is 1.84 bits per heavy atom. The van der Waals surface area contributed by atoms with Crippen LogP contribution in [0.4, 0.5) is 13.2 Å². The number of Topliss-reactive ketones (excluding diaryl/α,β-unsaturated/α-hetero) is 1. The van der Waals surface area contributed by atoms with E-state index in [1.807, 2.05) is 24.5 Å². The molecule has 12 nitrogen and oxygen atoms in total. The molecule has 6 rings (SSSR count). The molecule has 4 aliphatic rings. The van der Waals surface area contributed by atoms with Crippen LogP contribution in [0.5, 0.6) is 5.88 Å². The van der Waals surface area contributed by atoms with Gasteiger partial charge in [-0.05, 0) is 83.1 Å². The fourth-order valence-electron chi connectivity index (χ4n) is 7.79. The van der Waals surface area contributed by atoms with Gasteiger partial charge < -0.3 is 14.4 Å². The Labute approximate surface area is 329 Å². The molecule has 0 aromatic carbocycles. The van der Waals surface area contributed by atoms with Crippen molar-refractivity contribution in [1.29, 1.82) is 0 Å². The Kier molecular flexibility index (Phi) is 11.5. The summed E-state index contributed by atoms with van der Waals surface area (Å²) in [7, 11) is -4.02. The molecule has 2 aromatic heterocycles. The van der Waals surface area contributed by atoms with Crippen LogP contribution in [0.3, 0.4) is 0 Å². The first-order valence-electron chi connectivity index (χ1n) is 19.0. The van der Waals surface area contributed by atoms with Gasteiger partial charge in [-0.15, -0.1) is 11.3 Å². The Bertz CT molecular complexity index is 1970. The van der Waals surface area contributed by atoms with E-state index in [9.17, 15) is 40.8 Å². The molecule has 1 saturated heterocycles. The van der Waals surface area contributed by atoms with Crippen molar-refractivity contribution in [3.63, 3.8) is 0 Å². The van der Waals surface area contributed by atoms with Crippen molar-refractivity contribution in [2.45, 2.75) is 121 Å². The van der Waals surface area contributed by atoms with Crippen LogP contribution in [0.15, 0.2) is 42.1 Å². The van der Waals surface area contributed by atoms with Gasteiger partial charge in [-0.2, -0.15) is 13.2 Å². The van der Waals surface area contributed by atoms with E-state index in [2.05, 4.69) is 14.7 Å². The van der Waals surface area contributed by atoms with Crippen LogP contribution < -0.4 is 9.46 Å². The highest BCUT2D eigenvalue weighted by atomic mass is 32.2. The van der Waals surface area contributed by atoms with Crippen LogP contribution in [0.1, 0.15) is 92.4 Å². The molecule has 0 spiro atoms. The van der Waals surface area contributed by atoms with Gasteiger partial charge in [-0.3, -0.25) is 23.9 Å². The summed E-state index contributed by atoms with van der Waals surface area (Å²) in [5, 5.41) is 2.55. The fourth-order valence-corrected chi connectivity index (χ4v) is 9.76. The lowest BCUT2D eigenvalue weighted by molar-refractivity contribution is -0.257. The number of nitrogens with one attached hydrogen (secondary N) is 1. The maximum atomic E-state index is 14.7. The largest absolute Gasteiger partial charge is 0.472 e. The van der Waals surface area contributed by atoms with Crippen LogP contribution in [0.25, 0.3) is 10.6 Å². The van der Waals surface area contributed by atoms with Gasteiger partial charge in [-0.25, -0.2) is 18.4 Å². The lowest BCUT2D eigenvalue weighted by Gasteiger charge is -2.33. The van der Waals surface area contributed by atoms with Crippen molar-refractivity contribution < 1.29 is 50.2 Å².